The van der Waals surface area contributed by atoms with E-state index in [9.17, 15) is 5.11 Å². The Morgan fingerprint density at radius 3 is 2.95 bits per heavy atom. The molecule has 19 heavy (non-hydrogen) atoms. The molecule has 4 heteroatoms. The van der Waals surface area contributed by atoms with E-state index in [1.807, 2.05) is 19.1 Å². The van der Waals surface area contributed by atoms with E-state index in [0.29, 0.717) is 26.2 Å². The highest BCUT2D eigenvalue weighted by molar-refractivity contribution is 5.22. The number of benzene rings is 1. The third-order valence-electron chi connectivity index (χ3n) is 3.72. The smallest absolute Gasteiger partial charge is 0.105 e. The first-order valence-electron chi connectivity index (χ1n) is 6.75. The monoisotopic (exact) mass is 265 g/mol. The highest BCUT2D eigenvalue weighted by atomic mass is 16.5. The van der Waals surface area contributed by atoms with E-state index in [4.69, 9.17) is 9.47 Å². The Morgan fingerprint density at radius 1 is 1.47 bits per heavy atom. The van der Waals surface area contributed by atoms with E-state index in [-0.39, 0.29) is 6.10 Å². The van der Waals surface area contributed by atoms with Crippen molar-refractivity contribution in [2.75, 3.05) is 20.3 Å². The molecule has 1 fully saturated rings. The van der Waals surface area contributed by atoms with Crippen molar-refractivity contribution >= 4 is 0 Å². The Bertz CT molecular complexity index is 410. The van der Waals surface area contributed by atoms with Crippen LogP contribution in [0.2, 0.25) is 0 Å². The molecular formula is C15H23NO3. The summed E-state index contributed by atoms with van der Waals surface area (Å²) in [6.07, 6.45) is 0.602. The summed E-state index contributed by atoms with van der Waals surface area (Å²) in [7, 11) is 1.70. The van der Waals surface area contributed by atoms with Crippen molar-refractivity contribution < 1.29 is 14.6 Å². The van der Waals surface area contributed by atoms with Gasteiger partial charge in [-0.05, 0) is 18.1 Å². The average molecular weight is 265 g/mol. The molecule has 0 spiro atoms. The molecule has 2 atom stereocenters. The van der Waals surface area contributed by atoms with Crippen LogP contribution in [0.15, 0.2) is 24.3 Å². The summed E-state index contributed by atoms with van der Waals surface area (Å²) < 4.78 is 10.5. The van der Waals surface area contributed by atoms with Crippen LogP contribution in [0.5, 0.6) is 0 Å². The van der Waals surface area contributed by atoms with Gasteiger partial charge in [0.25, 0.3) is 0 Å². The molecule has 1 aliphatic rings. The molecule has 1 aromatic carbocycles. The molecule has 106 valence electrons. The van der Waals surface area contributed by atoms with E-state index in [1.165, 1.54) is 5.56 Å². The Morgan fingerprint density at radius 2 is 2.26 bits per heavy atom. The van der Waals surface area contributed by atoms with Crippen molar-refractivity contribution in [2.45, 2.75) is 38.2 Å². The fourth-order valence-corrected chi connectivity index (χ4v) is 2.42. The number of nitrogens with one attached hydrogen (secondary N) is 1. The van der Waals surface area contributed by atoms with Gasteiger partial charge in [-0.25, -0.2) is 0 Å². The van der Waals surface area contributed by atoms with Gasteiger partial charge in [0.2, 0.25) is 0 Å². The average Bonchev–Trinajstić information content (AvgIpc) is 2.71. The second-order valence-electron chi connectivity index (χ2n) is 5.22. The van der Waals surface area contributed by atoms with Crippen LogP contribution in [0.4, 0.5) is 0 Å². The third kappa shape index (κ3) is 3.76. The van der Waals surface area contributed by atoms with Gasteiger partial charge in [0, 0.05) is 33.2 Å². The number of methoxy groups -OCH3 is 1. The summed E-state index contributed by atoms with van der Waals surface area (Å²) >= 11 is 0. The minimum absolute atomic E-state index is 0.0974. The molecule has 0 aromatic heterocycles. The van der Waals surface area contributed by atoms with Crippen molar-refractivity contribution in [1.29, 1.82) is 0 Å². The predicted molar refractivity (Wildman–Crippen MR) is 73.8 cm³/mol. The zero-order valence-corrected chi connectivity index (χ0v) is 11.7. The summed E-state index contributed by atoms with van der Waals surface area (Å²) in [5.74, 6) is 0. The predicted octanol–water partition coefficient (Wildman–Crippen LogP) is 1.46. The molecule has 0 saturated carbocycles. The lowest BCUT2D eigenvalue weighted by Crippen LogP contribution is -2.45. The molecular weight excluding hydrogens is 242 g/mol. The van der Waals surface area contributed by atoms with Crippen molar-refractivity contribution in [3.8, 4) is 0 Å². The summed E-state index contributed by atoms with van der Waals surface area (Å²) in [5, 5.41) is 13.7. The van der Waals surface area contributed by atoms with E-state index >= 15 is 0 Å². The first kappa shape index (κ1) is 14.5. The van der Waals surface area contributed by atoms with Crippen molar-refractivity contribution in [1.82, 2.24) is 5.32 Å². The van der Waals surface area contributed by atoms with Crippen molar-refractivity contribution in [3.63, 3.8) is 0 Å². The fraction of sp³-hybridized carbons (Fsp3) is 0.600. The molecule has 2 rings (SSSR count). The van der Waals surface area contributed by atoms with Gasteiger partial charge in [-0.3, -0.25) is 0 Å². The molecule has 1 aliphatic heterocycles. The van der Waals surface area contributed by atoms with E-state index < -0.39 is 5.60 Å². The van der Waals surface area contributed by atoms with Crippen LogP contribution in [0.25, 0.3) is 0 Å². The van der Waals surface area contributed by atoms with Crippen LogP contribution in [0, 0.1) is 0 Å². The molecule has 1 heterocycles. The molecule has 2 N–H and O–H groups in total. The van der Waals surface area contributed by atoms with Crippen LogP contribution in [-0.4, -0.2) is 37.1 Å². The number of hydrogen-bond donors (Lipinski definition) is 2. The number of aliphatic hydroxyl groups is 1. The molecule has 1 aromatic rings. The van der Waals surface area contributed by atoms with Gasteiger partial charge in [-0.1, -0.05) is 24.3 Å². The van der Waals surface area contributed by atoms with Crippen molar-refractivity contribution in [3.05, 3.63) is 35.4 Å². The maximum Gasteiger partial charge on any atom is 0.105 e. The first-order valence-corrected chi connectivity index (χ1v) is 6.75. The van der Waals surface area contributed by atoms with Crippen LogP contribution in [-0.2, 0) is 22.6 Å². The molecule has 0 amide bonds. The highest BCUT2D eigenvalue weighted by Gasteiger charge is 2.38. The van der Waals surface area contributed by atoms with Gasteiger partial charge in [0.1, 0.15) is 5.60 Å². The fourth-order valence-electron chi connectivity index (χ4n) is 2.42. The minimum atomic E-state index is -0.732. The van der Waals surface area contributed by atoms with E-state index in [1.54, 1.807) is 7.11 Å². The maximum atomic E-state index is 10.4. The lowest BCUT2D eigenvalue weighted by Gasteiger charge is -2.26. The standard InChI is InChI=1S/C15H23NO3/c1-12-15(17,6-7-19-12)11-16-9-13-4-3-5-14(8-13)10-18-2/h3-5,8,12,16-17H,6-7,9-11H2,1-2H3. The molecule has 2 unspecified atom stereocenters. The zero-order chi connectivity index (χ0) is 13.7. The Labute approximate surface area is 114 Å². The van der Waals surface area contributed by atoms with Crippen molar-refractivity contribution in [2.24, 2.45) is 0 Å². The summed E-state index contributed by atoms with van der Waals surface area (Å²) in [6, 6.07) is 8.27. The second-order valence-corrected chi connectivity index (χ2v) is 5.22. The lowest BCUT2D eigenvalue weighted by atomic mass is 9.96. The molecule has 0 radical (unpaired) electrons. The van der Waals surface area contributed by atoms with Crippen LogP contribution >= 0.6 is 0 Å². The number of ether oxygens (including phenoxy) is 2. The van der Waals surface area contributed by atoms with Gasteiger partial charge in [-0.15, -0.1) is 0 Å². The maximum absolute atomic E-state index is 10.4. The summed E-state index contributed by atoms with van der Waals surface area (Å²) in [5.41, 5.74) is 1.63. The normalized spacial score (nSPS) is 26.8. The molecule has 0 aliphatic carbocycles. The molecule has 4 nitrogen and oxygen atoms in total. The summed E-state index contributed by atoms with van der Waals surface area (Å²) in [6.45, 7) is 4.49. The van der Waals surface area contributed by atoms with Gasteiger partial charge >= 0.3 is 0 Å². The number of hydrogen-bond acceptors (Lipinski definition) is 4. The Hall–Kier alpha value is -0.940. The quantitative estimate of drug-likeness (QED) is 0.817. The van der Waals surface area contributed by atoms with Gasteiger partial charge < -0.3 is 19.9 Å². The zero-order valence-electron chi connectivity index (χ0n) is 11.7. The molecule has 1 saturated heterocycles. The van der Waals surface area contributed by atoms with Crippen LogP contribution in [0.1, 0.15) is 24.5 Å². The Balaban J connectivity index is 1.84. The minimum Gasteiger partial charge on any atom is -0.386 e. The number of rotatable bonds is 6. The highest BCUT2D eigenvalue weighted by Crippen LogP contribution is 2.24. The van der Waals surface area contributed by atoms with Crippen LogP contribution in [0.3, 0.4) is 0 Å². The topological polar surface area (TPSA) is 50.7 Å². The summed E-state index contributed by atoms with van der Waals surface area (Å²) in [4.78, 5) is 0. The SMILES string of the molecule is COCc1cccc(CNCC2(O)CCOC2C)c1. The third-order valence-corrected chi connectivity index (χ3v) is 3.72. The molecule has 0 bridgehead atoms. The Kier molecular flexibility index (Phi) is 4.93. The van der Waals surface area contributed by atoms with Gasteiger partial charge in [0.05, 0.1) is 12.7 Å². The second kappa shape index (κ2) is 6.48. The van der Waals surface area contributed by atoms with E-state index in [0.717, 1.165) is 12.1 Å². The van der Waals surface area contributed by atoms with Crippen LogP contribution < -0.4 is 5.32 Å². The van der Waals surface area contributed by atoms with Gasteiger partial charge in [-0.2, -0.15) is 0 Å². The lowest BCUT2D eigenvalue weighted by molar-refractivity contribution is -0.0262. The van der Waals surface area contributed by atoms with E-state index in [2.05, 4.69) is 17.4 Å². The first-order chi connectivity index (χ1) is 9.14. The largest absolute Gasteiger partial charge is 0.386 e. The van der Waals surface area contributed by atoms with Gasteiger partial charge in [0.15, 0.2) is 0 Å².